The van der Waals surface area contributed by atoms with Crippen LogP contribution in [-0.4, -0.2) is 30.7 Å². The highest BCUT2D eigenvalue weighted by molar-refractivity contribution is 5.88. The van der Waals surface area contributed by atoms with E-state index in [2.05, 4.69) is 53.9 Å². The van der Waals surface area contributed by atoms with E-state index in [0.717, 1.165) is 26.2 Å². The van der Waals surface area contributed by atoms with Crippen molar-refractivity contribution in [1.29, 1.82) is 0 Å². The minimum Gasteiger partial charge on any atom is -0.369 e. The van der Waals surface area contributed by atoms with Crippen molar-refractivity contribution >= 4 is 16.6 Å². The Morgan fingerprint density at radius 3 is 2.56 bits per heavy atom. The molecule has 2 heterocycles. The average Bonchev–Trinajstić information content (AvgIpc) is 2.65. The van der Waals surface area contributed by atoms with Crippen LogP contribution in [0.5, 0.6) is 0 Å². The summed E-state index contributed by atoms with van der Waals surface area (Å²) in [5, 5.41) is 4.79. The van der Waals surface area contributed by atoms with Gasteiger partial charge in [0.25, 0.3) is 0 Å². The van der Waals surface area contributed by atoms with Gasteiger partial charge >= 0.3 is 0 Å². The minimum atomic E-state index is 1.09. The van der Waals surface area contributed by atoms with Crippen molar-refractivity contribution in [3.63, 3.8) is 0 Å². The Morgan fingerprint density at radius 1 is 1.11 bits per heavy atom. The first-order valence-electron chi connectivity index (χ1n) is 6.70. The number of aryl methyl sites for hydroxylation is 2. The zero-order chi connectivity index (χ0) is 12.7. The SMILES string of the molecule is Cc1c(C)n(C)c2ccc(N3CCNCC3)cc12. The molecule has 1 N–H and O–H groups in total. The number of anilines is 1. The molecule has 0 aliphatic carbocycles. The predicted octanol–water partition coefficient (Wildman–Crippen LogP) is 2.20. The number of nitrogens with one attached hydrogen (secondary N) is 1. The summed E-state index contributed by atoms with van der Waals surface area (Å²) in [5.74, 6) is 0. The molecule has 1 aromatic carbocycles. The second-order valence-electron chi connectivity index (χ2n) is 5.21. The fourth-order valence-electron chi connectivity index (χ4n) is 2.86. The van der Waals surface area contributed by atoms with E-state index in [1.165, 1.54) is 27.8 Å². The normalized spacial score (nSPS) is 16.5. The van der Waals surface area contributed by atoms with Gasteiger partial charge in [0.2, 0.25) is 0 Å². The molecule has 2 aromatic rings. The molecule has 0 saturated carbocycles. The summed E-state index contributed by atoms with van der Waals surface area (Å²) in [6.45, 7) is 8.81. The highest BCUT2D eigenvalue weighted by Gasteiger charge is 2.13. The van der Waals surface area contributed by atoms with Crippen LogP contribution < -0.4 is 10.2 Å². The molecule has 0 radical (unpaired) electrons. The molecule has 0 spiro atoms. The first kappa shape index (κ1) is 11.6. The van der Waals surface area contributed by atoms with Gasteiger partial charge in [-0.15, -0.1) is 0 Å². The fraction of sp³-hybridized carbons (Fsp3) is 0.467. The number of hydrogen-bond donors (Lipinski definition) is 1. The number of fused-ring (bicyclic) bond motifs is 1. The van der Waals surface area contributed by atoms with Crippen LogP contribution in [-0.2, 0) is 7.05 Å². The molecule has 3 rings (SSSR count). The molecular weight excluding hydrogens is 222 g/mol. The lowest BCUT2D eigenvalue weighted by Gasteiger charge is -2.29. The third kappa shape index (κ3) is 1.70. The number of benzene rings is 1. The highest BCUT2D eigenvalue weighted by atomic mass is 15.2. The van der Waals surface area contributed by atoms with E-state index >= 15 is 0 Å². The largest absolute Gasteiger partial charge is 0.369 e. The topological polar surface area (TPSA) is 20.2 Å². The van der Waals surface area contributed by atoms with Gasteiger partial charge in [-0.2, -0.15) is 0 Å². The Hall–Kier alpha value is -1.48. The maximum Gasteiger partial charge on any atom is 0.0484 e. The summed E-state index contributed by atoms with van der Waals surface area (Å²) in [4.78, 5) is 2.47. The summed E-state index contributed by atoms with van der Waals surface area (Å²) in [5.41, 5.74) is 5.47. The first-order valence-corrected chi connectivity index (χ1v) is 6.70. The van der Waals surface area contributed by atoms with Gasteiger partial charge in [-0.05, 0) is 37.6 Å². The highest BCUT2D eigenvalue weighted by Crippen LogP contribution is 2.28. The summed E-state index contributed by atoms with van der Waals surface area (Å²) >= 11 is 0. The van der Waals surface area contributed by atoms with Crippen molar-refractivity contribution in [3.05, 3.63) is 29.5 Å². The molecule has 0 bridgehead atoms. The van der Waals surface area contributed by atoms with Gasteiger partial charge in [0.05, 0.1) is 0 Å². The third-order valence-electron chi connectivity index (χ3n) is 4.27. The lowest BCUT2D eigenvalue weighted by molar-refractivity contribution is 0.589. The minimum absolute atomic E-state index is 1.09. The molecule has 1 aliphatic rings. The van der Waals surface area contributed by atoms with E-state index in [9.17, 15) is 0 Å². The molecule has 18 heavy (non-hydrogen) atoms. The molecule has 3 heteroatoms. The average molecular weight is 243 g/mol. The Bertz CT molecular complexity index is 577. The second-order valence-corrected chi connectivity index (χ2v) is 5.21. The van der Waals surface area contributed by atoms with E-state index in [4.69, 9.17) is 0 Å². The van der Waals surface area contributed by atoms with Crippen molar-refractivity contribution in [2.24, 2.45) is 7.05 Å². The van der Waals surface area contributed by atoms with Crippen molar-refractivity contribution in [2.45, 2.75) is 13.8 Å². The van der Waals surface area contributed by atoms with Crippen LogP contribution in [0.2, 0.25) is 0 Å². The van der Waals surface area contributed by atoms with Gasteiger partial charge in [-0.1, -0.05) is 0 Å². The quantitative estimate of drug-likeness (QED) is 0.828. The summed E-state index contributed by atoms with van der Waals surface area (Å²) in [6.07, 6.45) is 0. The second kappa shape index (κ2) is 4.32. The number of rotatable bonds is 1. The molecule has 3 nitrogen and oxygen atoms in total. The van der Waals surface area contributed by atoms with Crippen molar-refractivity contribution in [3.8, 4) is 0 Å². The standard InChI is InChI=1S/C15H21N3/c1-11-12(2)17(3)15-5-4-13(10-14(11)15)18-8-6-16-7-9-18/h4-5,10,16H,6-9H2,1-3H3. The van der Waals surface area contributed by atoms with E-state index in [-0.39, 0.29) is 0 Å². The van der Waals surface area contributed by atoms with Gasteiger partial charge in [-0.3, -0.25) is 0 Å². The number of piperazine rings is 1. The molecule has 0 atom stereocenters. The van der Waals surface area contributed by atoms with Gasteiger partial charge in [0, 0.05) is 55.5 Å². The van der Waals surface area contributed by atoms with E-state index in [1.54, 1.807) is 0 Å². The summed E-state index contributed by atoms with van der Waals surface area (Å²) in [7, 11) is 2.15. The zero-order valence-corrected chi connectivity index (χ0v) is 11.5. The van der Waals surface area contributed by atoms with E-state index in [1.807, 2.05) is 0 Å². The lowest BCUT2D eigenvalue weighted by atomic mass is 10.1. The maximum atomic E-state index is 3.40. The van der Waals surface area contributed by atoms with Crippen LogP contribution in [0.1, 0.15) is 11.3 Å². The number of nitrogens with zero attached hydrogens (tertiary/aromatic N) is 2. The third-order valence-corrected chi connectivity index (χ3v) is 4.27. The van der Waals surface area contributed by atoms with Crippen molar-refractivity contribution in [1.82, 2.24) is 9.88 Å². The molecule has 1 aromatic heterocycles. The molecule has 96 valence electrons. The summed E-state index contributed by atoms with van der Waals surface area (Å²) in [6, 6.07) is 6.86. The molecular formula is C15H21N3. The van der Waals surface area contributed by atoms with E-state index in [0.29, 0.717) is 0 Å². The first-order chi connectivity index (χ1) is 8.68. The van der Waals surface area contributed by atoms with Crippen LogP contribution in [0.4, 0.5) is 5.69 Å². The van der Waals surface area contributed by atoms with Crippen LogP contribution >= 0.6 is 0 Å². The van der Waals surface area contributed by atoms with Crippen LogP contribution in [0, 0.1) is 13.8 Å². The molecule has 1 aliphatic heterocycles. The molecule has 0 unspecified atom stereocenters. The fourth-order valence-corrected chi connectivity index (χ4v) is 2.86. The van der Waals surface area contributed by atoms with Gasteiger partial charge in [-0.25, -0.2) is 0 Å². The van der Waals surface area contributed by atoms with Crippen LogP contribution in [0.25, 0.3) is 10.9 Å². The van der Waals surface area contributed by atoms with Gasteiger partial charge < -0.3 is 14.8 Å². The Balaban J connectivity index is 2.07. The maximum absolute atomic E-state index is 3.40. The monoisotopic (exact) mass is 243 g/mol. The smallest absolute Gasteiger partial charge is 0.0484 e. The van der Waals surface area contributed by atoms with Crippen LogP contribution in [0.15, 0.2) is 18.2 Å². The predicted molar refractivity (Wildman–Crippen MR) is 77.5 cm³/mol. The summed E-state index contributed by atoms with van der Waals surface area (Å²) < 4.78 is 2.28. The van der Waals surface area contributed by atoms with Gasteiger partial charge in [0.15, 0.2) is 0 Å². The lowest BCUT2D eigenvalue weighted by Crippen LogP contribution is -2.43. The molecule has 1 fully saturated rings. The number of aromatic nitrogens is 1. The zero-order valence-electron chi connectivity index (χ0n) is 11.5. The number of hydrogen-bond acceptors (Lipinski definition) is 2. The Labute approximate surface area is 108 Å². The van der Waals surface area contributed by atoms with E-state index < -0.39 is 0 Å². The Kier molecular flexibility index (Phi) is 2.78. The Morgan fingerprint density at radius 2 is 1.83 bits per heavy atom. The van der Waals surface area contributed by atoms with Crippen molar-refractivity contribution < 1.29 is 0 Å². The molecule has 1 saturated heterocycles. The molecule has 0 amide bonds. The van der Waals surface area contributed by atoms with Crippen molar-refractivity contribution in [2.75, 3.05) is 31.1 Å². The van der Waals surface area contributed by atoms with Crippen LogP contribution in [0.3, 0.4) is 0 Å². The van der Waals surface area contributed by atoms with Gasteiger partial charge in [0.1, 0.15) is 0 Å².